The Labute approximate surface area is 123 Å². The molecule has 0 spiro atoms. The van der Waals surface area contributed by atoms with Crippen molar-refractivity contribution in [3.63, 3.8) is 0 Å². The van der Waals surface area contributed by atoms with Crippen LogP contribution >= 0.6 is 0 Å². The number of ether oxygens (including phenoxy) is 1. The number of benzene rings is 2. The first kappa shape index (κ1) is 14.6. The predicted molar refractivity (Wildman–Crippen MR) is 78.2 cm³/mol. The standard InChI is InChI=1S/C17H15NO3/c1-21-16-5-3-2-4-14(16)15(17(19)20)10-12-6-8-13(11-18)9-7-12/h2-9,15H,10H2,1H3,(H,19,20). The number of rotatable bonds is 5. The highest BCUT2D eigenvalue weighted by Gasteiger charge is 2.23. The van der Waals surface area contributed by atoms with Crippen LogP contribution in [0.15, 0.2) is 48.5 Å². The van der Waals surface area contributed by atoms with E-state index in [1.165, 1.54) is 7.11 Å². The van der Waals surface area contributed by atoms with Gasteiger partial charge in [0.15, 0.2) is 0 Å². The Balaban J connectivity index is 2.31. The van der Waals surface area contributed by atoms with Crippen molar-refractivity contribution in [3.8, 4) is 11.8 Å². The zero-order chi connectivity index (χ0) is 15.2. The third-order valence-corrected chi connectivity index (χ3v) is 3.34. The van der Waals surface area contributed by atoms with Crippen LogP contribution in [0.2, 0.25) is 0 Å². The summed E-state index contributed by atoms with van der Waals surface area (Å²) in [5.74, 6) is -1.02. The van der Waals surface area contributed by atoms with E-state index in [0.29, 0.717) is 23.3 Å². The summed E-state index contributed by atoms with van der Waals surface area (Å²) in [6.07, 6.45) is 0.349. The fourth-order valence-electron chi connectivity index (χ4n) is 2.24. The molecule has 2 rings (SSSR count). The van der Waals surface area contributed by atoms with Gasteiger partial charge in [0.25, 0.3) is 0 Å². The molecule has 2 aromatic rings. The van der Waals surface area contributed by atoms with Crippen LogP contribution in [0.4, 0.5) is 0 Å². The minimum atomic E-state index is -0.899. The number of carboxylic acids is 1. The van der Waals surface area contributed by atoms with Crippen molar-refractivity contribution in [1.82, 2.24) is 0 Å². The van der Waals surface area contributed by atoms with Gasteiger partial charge in [-0.3, -0.25) is 4.79 Å². The monoisotopic (exact) mass is 281 g/mol. The molecule has 4 nitrogen and oxygen atoms in total. The van der Waals surface area contributed by atoms with Gasteiger partial charge in [0.2, 0.25) is 0 Å². The number of carbonyl (C=O) groups is 1. The van der Waals surface area contributed by atoms with Crippen molar-refractivity contribution < 1.29 is 14.6 Å². The summed E-state index contributed by atoms with van der Waals surface area (Å²) in [6.45, 7) is 0. The maximum absolute atomic E-state index is 11.6. The average molecular weight is 281 g/mol. The molecular weight excluding hydrogens is 266 g/mol. The molecule has 0 radical (unpaired) electrons. The molecule has 0 aromatic heterocycles. The van der Waals surface area contributed by atoms with Crippen LogP contribution in [-0.2, 0) is 11.2 Å². The minimum absolute atomic E-state index is 0.349. The first-order valence-corrected chi connectivity index (χ1v) is 6.50. The SMILES string of the molecule is COc1ccccc1C(Cc1ccc(C#N)cc1)C(=O)O. The molecule has 0 saturated heterocycles. The second-order valence-corrected chi connectivity index (χ2v) is 4.65. The van der Waals surface area contributed by atoms with Gasteiger partial charge in [-0.25, -0.2) is 0 Å². The second kappa shape index (κ2) is 6.58. The third kappa shape index (κ3) is 3.40. The van der Waals surface area contributed by atoms with Gasteiger partial charge in [-0.05, 0) is 30.2 Å². The van der Waals surface area contributed by atoms with E-state index in [4.69, 9.17) is 10.00 Å². The molecule has 0 aliphatic heterocycles. The number of carboxylic acid groups (broad SMARTS) is 1. The Hall–Kier alpha value is -2.80. The fourth-order valence-corrected chi connectivity index (χ4v) is 2.24. The lowest BCUT2D eigenvalue weighted by molar-refractivity contribution is -0.138. The largest absolute Gasteiger partial charge is 0.496 e. The Morgan fingerprint density at radius 3 is 2.48 bits per heavy atom. The van der Waals surface area contributed by atoms with Gasteiger partial charge in [0.1, 0.15) is 5.75 Å². The quantitative estimate of drug-likeness (QED) is 0.914. The molecule has 1 N–H and O–H groups in total. The predicted octanol–water partition coefficient (Wildman–Crippen LogP) is 2.98. The number of hydrogen-bond donors (Lipinski definition) is 1. The van der Waals surface area contributed by atoms with E-state index >= 15 is 0 Å². The van der Waals surface area contributed by atoms with Gasteiger partial charge in [-0.1, -0.05) is 30.3 Å². The zero-order valence-corrected chi connectivity index (χ0v) is 11.6. The Morgan fingerprint density at radius 1 is 1.24 bits per heavy atom. The summed E-state index contributed by atoms with van der Waals surface area (Å²) < 4.78 is 5.24. The summed E-state index contributed by atoms with van der Waals surface area (Å²) >= 11 is 0. The van der Waals surface area contributed by atoms with Crippen molar-refractivity contribution in [3.05, 3.63) is 65.2 Å². The van der Waals surface area contributed by atoms with Crippen LogP contribution in [0.5, 0.6) is 5.75 Å². The highest BCUT2D eigenvalue weighted by molar-refractivity contribution is 5.77. The van der Waals surface area contributed by atoms with E-state index in [0.717, 1.165) is 5.56 Å². The van der Waals surface area contributed by atoms with E-state index in [-0.39, 0.29) is 0 Å². The molecule has 0 fully saturated rings. The highest BCUT2D eigenvalue weighted by Crippen LogP contribution is 2.29. The summed E-state index contributed by atoms with van der Waals surface area (Å²) in [6, 6.07) is 16.1. The average Bonchev–Trinajstić information content (AvgIpc) is 2.53. The third-order valence-electron chi connectivity index (χ3n) is 3.34. The zero-order valence-electron chi connectivity index (χ0n) is 11.6. The molecule has 106 valence electrons. The summed E-state index contributed by atoms with van der Waals surface area (Å²) in [5, 5.41) is 18.3. The Morgan fingerprint density at radius 2 is 1.90 bits per heavy atom. The molecule has 4 heteroatoms. The van der Waals surface area contributed by atoms with Gasteiger partial charge < -0.3 is 9.84 Å². The second-order valence-electron chi connectivity index (χ2n) is 4.65. The molecule has 0 heterocycles. The molecule has 0 saturated carbocycles. The van der Waals surface area contributed by atoms with E-state index in [2.05, 4.69) is 0 Å². The van der Waals surface area contributed by atoms with E-state index < -0.39 is 11.9 Å². The highest BCUT2D eigenvalue weighted by atomic mass is 16.5. The van der Waals surface area contributed by atoms with Crippen molar-refractivity contribution >= 4 is 5.97 Å². The van der Waals surface area contributed by atoms with E-state index in [1.807, 2.05) is 12.1 Å². The lowest BCUT2D eigenvalue weighted by Crippen LogP contribution is -2.15. The lowest BCUT2D eigenvalue weighted by atomic mass is 9.91. The Kier molecular flexibility index (Phi) is 4.57. The topological polar surface area (TPSA) is 70.3 Å². The fraction of sp³-hybridized carbons (Fsp3) is 0.176. The van der Waals surface area contributed by atoms with Gasteiger partial charge in [-0.2, -0.15) is 5.26 Å². The smallest absolute Gasteiger partial charge is 0.311 e. The van der Waals surface area contributed by atoms with Crippen molar-refractivity contribution in [2.45, 2.75) is 12.3 Å². The molecule has 0 amide bonds. The molecule has 0 aliphatic carbocycles. The molecule has 0 bridgehead atoms. The van der Waals surface area contributed by atoms with Crippen LogP contribution in [0.1, 0.15) is 22.6 Å². The molecule has 2 aromatic carbocycles. The summed E-state index contributed by atoms with van der Waals surface area (Å²) in [4.78, 5) is 11.6. The van der Waals surface area contributed by atoms with Crippen molar-refractivity contribution in [2.75, 3.05) is 7.11 Å². The van der Waals surface area contributed by atoms with Crippen molar-refractivity contribution in [1.29, 1.82) is 5.26 Å². The van der Waals surface area contributed by atoms with Gasteiger partial charge in [0, 0.05) is 5.56 Å². The molecular formula is C17H15NO3. The van der Waals surface area contributed by atoms with Gasteiger partial charge >= 0.3 is 5.97 Å². The Bertz CT molecular complexity index is 671. The molecule has 1 atom stereocenters. The number of methoxy groups -OCH3 is 1. The van der Waals surface area contributed by atoms with E-state index in [9.17, 15) is 9.90 Å². The van der Waals surface area contributed by atoms with Gasteiger partial charge in [-0.15, -0.1) is 0 Å². The van der Waals surface area contributed by atoms with Crippen LogP contribution in [0.3, 0.4) is 0 Å². The van der Waals surface area contributed by atoms with Crippen LogP contribution in [0, 0.1) is 11.3 Å². The maximum atomic E-state index is 11.6. The number of nitriles is 1. The van der Waals surface area contributed by atoms with Gasteiger partial charge in [0.05, 0.1) is 24.7 Å². The number of nitrogens with zero attached hydrogens (tertiary/aromatic N) is 1. The van der Waals surface area contributed by atoms with Crippen LogP contribution in [0.25, 0.3) is 0 Å². The number of para-hydroxylation sites is 1. The van der Waals surface area contributed by atoms with Crippen molar-refractivity contribution in [2.24, 2.45) is 0 Å². The van der Waals surface area contributed by atoms with Crippen LogP contribution < -0.4 is 4.74 Å². The molecule has 1 unspecified atom stereocenters. The van der Waals surface area contributed by atoms with Crippen LogP contribution in [-0.4, -0.2) is 18.2 Å². The number of hydrogen-bond acceptors (Lipinski definition) is 3. The number of aliphatic carboxylic acids is 1. The maximum Gasteiger partial charge on any atom is 0.311 e. The molecule has 0 aliphatic rings. The first-order chi connectivity index (χ1) is 10.2. The summed E-state index contributed by atoms with van der Waals surface area (Å²) in [7, 11) is 1.53. The van der Waals surface area contributed by atoms with E-state index in [1.54, 1.807) is 42.5 Å². The lowest BCUT2D eigenvalue weighted by Gasteiger charge is -2.16. The summed E-state index contributed by atoms with van der Waals surface area (Å²) in [5.41, 5.74) is 2.08. The molecule has 21 heavy (non-hydrogen) atoms. The minimum Gasteiger partial charge on any atom is -0.496 e. The first-order valence-electron chi connectivity index (χ1n) is 6.50. The normalized spacial score (nSPS) is 11.4.